The first-order valence-corrected chi connectivity index (χ1v) is 6.27. The third kappa shape index (κ3) is 4.40. The van der Waals surface area contributed by atoms with Crippen LogP contribution in [0, 0.1) is 0 Å². The van der Waals surface area contributed by atoms with Crippen LogP contribution >= 0.6 is 12.4 Å². The fourth-order valence-corrected chi connectivity index (χ4v) is 1.72. The molecule has 0 aliphatic rings. The van der Waals surface area contributed by atoms with Crippen molar-refractivity contribution >= 4 is 18.3 Å². The van der Waals surface area contributed by atoms with E-state index >= 15 is 0 Å². The highest BCUT2D eigenvalue weighted by atomic mass is 35.5. The van der Waals surface area contributed by atoms with Gasteiger partial charge < -0.3 is 16.0 Å². The molecular weight excluding hydrogens is 274 g/mol. The van der Waals surface area contributed by atoms with Crippen LogP contribution in [0.1, 0.15) is 24.3 Å². The maximum atomic E-state index is 11.9. The number of amides is 1. The van der Waals surface area contributed by atoms with Crippen molar-refractivity contribution in [3.63, 3.8) is 0 Å². The maximum Gasteiger partial charge on any atom is 0.267 e. The van der Waals surface area contributed by atoms with Crippen LogP contribution in [0.2, 0.25) is 0 Å². The molecule has 1 aromatic carbocycles. The Labute approximate surface area is 125 Å². The van der Waals surface area contributed by atoms with Crippen LogP contribution in [-0.2, 0) is 0 Å². The van der Waals surface area contributed by atoms with Gasteiger partial charge in [0.05, 0.1) is 0 Å². The van der Waals surface area contributed by atoms with Crippen LogP contribution in [0.5, 0.6) is 0 Å². The molecule has 0 radical (unpaired) electrons. The number of hydrogen-bond donors (Lipinski definition) is 3. The van der Waals surface area contributed by atoms with Crippen molar-refractivity contribution in [1.82, 2.24) is 10.3 Å². The summed E-state index contributed by atoms with van der Waals surface area (Å²) in [6.07, 6.45) is 0. The Morgan fingerprint density at radius 2 is 1.85 bits per heavy atom. The normalized spacial score (nSPS) is 10.8. The molecule has 0 saturated carbocycles. The first-order valence-electron chi connectivity index (χ1n) is 6.27. The zero-order valence-electron chi connectivity index (χ0n) is 11.6. The minimum atomic E-state index is -0.412. The van der Waals surface area contributed by atoms with E-state index in [4.69, 9.17) is 5.73 Å². The number of carbonyl (C=O) groups excluding carboxylic acids is 1. The highest BCUT2D eigenvalue weighted by Gasteiger charge is 2.14. The van der Waals surface area contributed by atoms with Gasteiger partial charge in [-0.3, -0.25) is 4.79 Å². The predicted octanol–water partition coefficient (Wildman–Crippen LogP) is 2.57. The van der Waals surface area contributed by atoms with E-state index < -0.39 is 5.54 Å². The van der Waals surface area contributed by atoms with Crippen molar-refractivity contribution in [2.24, 2.45) is 5.73 Å². The Morgan fingerprint density at radius 1 is 1.20 bits per heavy atom. The summed E-state index contributed by atoms with van der Waals surface area (Å²) in [5.74, 6) is -0.138. The van der Waals surface area contributed by atoms with Gasteiger partial charge in [0, 0.05) is 17.8 Å². The van der Waals surface area contributed by atoms with Gasteiger partial charge in [-0.25, -0.2) is 0 Å². The Hall–Kier alpha value is -1.78. The quantitative estimate of drug-likeness (QED) is 0.811. The van der Waals surface area contributed by atoms with Gasteiger partial charge in [0.25, 0.3) is 5.91 Å². The molecule has 2 aromatic rings. The summed E-state index contributed by atoms with van der Waals surface area (Å²) in [4.78, 5) is 15.1. The van der Waals surface area contributed by atoms with Gasteiger partial charge in [-0.15, -0.1) is 12.4 Å². The molecule has 108 valence electrons. The van der Waals surface area contributed by atoms with Gasteiger partial charge >= 0.3 is 0 Å². The number of aromatic amines is 1. The summed E-state index contributed by atoms with van der Waals surface area (Å²) in [5, 5.41) is 2.81. The molecule has 4 N–H and O–H groups in total. The molecule has 1 heterocycles. The molecule has 0 spiro atoms. The molecular formula is C15H20ClN3O. The van der Waals surface area contributed by atoms with Crippen molar-refractivity contribution in [3.8, 4) is 11.3 Å². The smallest absolute Gasteiger partial charge is 0.267 e. The first-order chi connectivity index (χ1) is 8.96. The second-order valence-corrected chi connectivity index (χ2v) is 5.32. The van der Waals surface area contributed by atoms with Crippen LogP contribution in [0.4, 0.5) is 0 Å². The number of aromatic nitrogens is 1. The fraction of sp³-hybridized carbons (Fsp3) is 0.267. The van der Waals surface area contributed by atoms with E-state index in [1.807, 2.05) is 50.2 Å². The number of H-pyrrole nitrogens is 1. The number of halogens is 1. The van der Waals surface area contributed by atoms with Gasteiger partial charge in [0.15, 0.2) is 0 Å². The molecule has 0 bridgehead atoms. The molecule has 0 aliphatic heterocycles. The lowest BCUT2D eigenvalue weighted by Crippen LogP contribution is -2.45. The monoisotopic (exact) mass is 293 g/mol. The molecule has 1 aromatic heterocycles. The lowest BCUT2D eigenvalue weighted by atomic mass is 10.1. The van der Waals surface area contributed by atoms with Crippen LogP contribution < -0.4 is 11.1 Å². The van der Waals surface area contributed by atoms with Crippen molar-refractivity contribution in [3.05, 3.63) is 48.2 Å². The number of rotatable bonds is 4. The van der Waals surface area contributed by atoms with Crippen LogP contribution in [-0.4, -0.2) is 23.0 Å². The Morgan fingerprint density at radius 3 is 2.45 bits per heavy atom. The van der Waals surface area contributed by atoms with E-state index in [1.165, 1.54) is 0 Å². The highest BCUT2D eigenvalue weighted by Crippen LogP contribution is 2.17. The summed E-state index contributed by atoms with van der Waals surface area (Å²) in [7, 11) is 0. The molecule has 0 fully saturated rings. The summed E-state index contributed by atoms with van der Waals surface area (Å²) in [6, 6.07) is 13.6. The number of nitrogens with two attached hydrogens (primary N) is 1. The molecule has 1 amide bonds. The standard InChI is InChI=1S/C15H19N3O.ClH/c1-15(2,16)10-17-14(19)13-9-8-12(18-13)11-6-4-3-5-7-11;/h3-9,18H,10,16H2,1-2H3,(H,17,19);1H. The summed E-state index contributed by atoms with van der Waals surface area (Å²) < 4.78 is 0. The summed E-state index contributed by atoms with van der Waals surface area (Å²) in [6.45, 7) is 4.18. The molecule has 5 heteroatoms. The van der Waals surface area contributed by atoms with Crippen LogP contribution in [0.25, 0.3) is 11.3 Å². The second-order valence-electron chi connectivity index (χ2n) is 5.32. The minimum Gasteiger partial charge on any atom is -0.351 e. The molecule has 0 aliphatic carbocycles. The van der Waals surface area contributed by atoms with Crippen molar-refractivity contribution < 1.29 is 4.79 Å². The zero-order chi connectivity index (χ0) is 13.9. The molecule has 20 heavy (non-hydrogen) atoms. The second kappa shape index (κ2) is 6.59. The van der Waals surface area contributed by atoms with Crippen LogP contribution in [0.15, 0.2) is 42.5 Å². The molecule has 4 nitrogen and oxygen atoms in total. The molecule has 0 unspecified atom stereocenters. The van der Waals surface area contributed by atoms with E-state index in [1.54, 1.807) is 6.07 Å². The number of hydrogen-bond acceptors (Lipinski definition) is 2. The number of carbonyl (C=O) groups is 1. The summed E-state index contributed by atoms with van der Waals surface area (Å²) in [5.41, 5.74) is 7.95. The van der Waals surface area contributed by atoms with Gasteiger partial charge in [-0.05, 0) is 31.5 Å². The van der Waals surface area contributed by atoms with Crippen molar-refractivity contribution in [1.29, 1.82) is 0 Å². The summed E-state index contributed by atoms with van der Waals surface area (Å²) >= 11 is 0. The van der Waals surface area contributed by atoms with Gasteiger partial charge in [-0.2, -0.15) is 0 Å². The van der Waals surface area contributed by atoms with Crippen molar-refractivity contribution in [2.45, 2.75) is 19.4 Å². The zero-order valence-corrected chi connectivity index (χ0v) is 12.5. The van der Waals surface area contributed by atoms with E-state index in [0.29, 0.717) is 12.2 Å². The first kappa shape index (κ1) is 16.3. The SMILES string of the molecule is CC(C)(N)CNC(=O)c1ccc(-c2ccccc2)[nH]1.Cl. The number of nitrogens with one attached hydrogen (secondary N) is 2. The highest BCUT2D eigenvalue weighted by molar-refractivity contribution is 5.93. The lowest BCUT2D eigenvalue weighted by molar-refractivity contribution is 0.0942. The third-order valence-electron chi connectivity index (χ3n) is 2.72. The van der Waals surface area contributed by atoms with E-state index in [2.05, 4.69) is 10.3 Å². The predicted molar refractivity (Wildman–Crippen MR) is 84.1 cm³/mol. The van der Waals surface area contributed by atoms with E-state index in [-0.39, 0.29) is 18.3 Å². The average molecular weight is 294 g/mol. The Kier molecular flexibility index (Phi) is 5.36. The van der Waals surface area contributed by atoms with Gasteiger partial charge in [0.1, 0.15) is 5.69 Å². The lowest BCUT2D eigenvalue weighted by Gasteiger charge is -2.18. The fourth-order valence-electron chi connectivity index (χ4n) is 1.72. The largest absolute Gasteiger partial charge is 0.351 e. The topological polar surface area (TPSA) is 70.9 Å². The van der Waals surface area contributed by atoms with Crippen LogP contribution in [0.3, 0.4) is 0 Å². The Balaban J connectivity index is 0.00000200. The van der Waals surface area contributed by atoms with Gasteiger partial charge in [0.2, 0.25) is 0 Å². The maximum absolute atomic E-state index is 11.9. The van der Waals surface area contributed by atoms with Gasteiger partial charge in [-0.1, -0.05) is 30.3 Å². The Bertz CT molecular complexity index is 558. The van der Waals surface area contributed by atoms with E-state index in [0.717, 1.165) is 11.3 Å². The third-order valence-corrected chi connectivity index (χ3v) is 2.72. The minimum absolute atomic E-state index is 0. The van der Waals surface area contributed by atoms with Crippen molar-refractivity contribution in [2.75, 3.05) is 6.54 Å². The van der Waals surface area contributed by atoms with E-state index in [9.17, 15) is 4.79 Å². The molecule has 0 saturated heterocycles. The number of benzene rings is 1. The molecule has 2 rings (SSSR count). The molecule has 0 atom stereocenters. The average Bonchev–Trinajstić information content (AvgIpc) is 2.86.